The van der Waals surface area contributed by atoms with Crippen molar-refractivity contribution in [3.05, 3.63) is 0 Å². The highest BCUT2D eigenvalue weighted by molar-refractivity contribution is 4.80. The van der Waals surface area contributed by atoms with Crippen molar-refractivity contribution in [2.75, 3.05) is 26.3 Å². The summed E-state index contributed by atoms with van der Waals surface area (Å²) in [4.78, 5) is 2.46. The van der Waals surface area contributed by atoms with Crippen LogP contribution in [0.3, 0.4) is 0 Å². The second-order valence-corrected chi connectivity index (χ2v) is 5.48. The fraction of sp³-hybridized carbons (Fsp3) is 1.00. The number of ether oxygens (including phenoxy) is 1. The average Bonchev–Trinajstić information content (AvgIpc) is 2.22. The van der Waals surface area contributed by atoms with E-state index >= 15 is 0 Å². The van der Waals surface area contributed by atoms with Gasteiger partial charge in [0.2, 0.25) is 0 Å². The van der Waals surface area contributed by atoms with E-state index in [4.69, 9.17) is 10.5 Å². The molecule has 0 aromatic heterocycles. The lowest BCUT2D eigenvalue weighted by Gasteiger charge is -2.36. The number of hydrogen-bond acceptors (Lipinski definition) is 3. The van der Waals surface area contributed by atoms with E-state index in [2.05, 4.69) is 25.7 Å². The number of nitrogens with two attached hydrogens (primary N) is 1. The van der Waals surface area contributed by atoms with Gasteiger partial charge >= 0.3 is 0 Å². The Labute approximate surface area is 100 Å². The summed E-state index contributed by atoms with van der Waals surface area (Å²) in [5.74, 6) is 0.738. The minimum absolute atomic E-state index is 0.367. The molecule has 1 aliphatic heterocycles. The smallest absolute Gasteiger partial charge is 0.0593 e. The Morgan fingerprint density at radius 1 is 1.31 bits per heavy atom. The fourth-order valence-corrected chi connectivity index (χ4v) is 2.12. The van der Waals surface area contributed by atoms with Crippen LogP contribution in [0.2, 0.25) is 0 Å². The number of hydrogen-bond donors (Lipinski definition) is 1. The second kappa shape index (κ2) is 7.25. The van der Waals surface area contributed by atoms with Crippen molar-refractivity contribution < 1.29 is 4.74 Å². The highest BCUT2D eigenvalue weighted by Gasteiger charge is 2.22. The largest absolute Gasteiger partial charge is 0.380 e. The molecule has 0 amide bonds. The highest BCUT2D eigenvalue weighted by atomic mass is 16.5. The quantitative estimate of drug-likeness (QED) is 0.705. The molecule has 1 rings (SSSR count). The molecule has 0 aromatic rings. The van der Waals surface area contributed by atoms with Crippen LogP contribution in [0.4, 0.5) is 0 Å². The van der Waals surface area contributed by atoms with E-state index in [9.17, 15) is 0 Å². The Bertz CT molecular complexity index is 185. The number of piperidine rings is 1. The zero-order valence-electron chi connectivity index (χ0n) is 11.1. The zero-order chi connectivity index (χ0) is 12.0. The summed E-state index contributed by atoms with van der Waals surface area (Å²) in [5.41, 5.74) is 5.97. The summed E-state index contributed by atoms with van der Waals surface area (Å²) in [6.45, 7) is 10.6. The molecule has 2 atom stereocenters. The first-order chi connectivity index (χ1) is 7.59. The van der Waals surface area contributed by atoms with E-state index in [0.717, 1.165) is 38.6 Å². The summed E-state index contributed by atoms with van der Waals surface area (Å²) >= 11 is 0. The molecule has 3 heteroatoms. The van der Waals surface area contributed by atoms with Crippen molar-refractivity contribution in [3.8, 4) is 0 Å². The highest BCUT2D eigenvalue weighted by Crippen LogP contribution is 2.15. The fourth-order valence-electron chi connectivity index (χ4n) is 2.12. The molecular formula is C13H28N2O. The molecule has 0 bridgehead atoms. The second-order valence-electron chi connectivity index (χ2n) is 5.48. The molecule has 1 aliphatic rings. The van der Waals surface area contributed by atoms with Crippen LogP contribution in [-0.4, -0.2) is 43.3 Å². The molecule has 96 valence electrons. The van der Waals surface area contributed by atoms with Crippen molar-refractivity contribution in [2.24, 2.45) is 11.7 Å². The topological polar surface area (TPSA) is 38.5 Å². The van der Waals surface area contributed by atoms with Crippen LogP contribution >= 0.6 is 0 Å². The first kappa shape index (κ1) is 13.9. The molecule has 0 spiro atoms. The predicted octanol–water partition coefficient (Wildman–Crippen LogP) is 1.86. The van der Waals surface area contributed by atoms with Gasteiger partial charge in [-0.3, -0.25) is 4.90 Å². The third kappa shape index (κ3) is 5.28. The van der Waals surface area contributed by atoms with Crippen LogP contribution in [0.5, 0.6) is 0 Å². The normalized spacial score (nSPS) is 27.6. The van der Waals surface area contributed by atoms with Crippen molar-refractivity contribution in [2.45, 2.75) is 52.1 Å². The SMILES string of the molecule is CC(C)CCOCCN1CC(N)CCC1C. The molecule has 3 nitrogen and oxygen atoms in total. The van der Waals surface area contributed by atoms with Crippen molar-refractivity contribution in [1.29, 1.82) is 0 Å². The van der Waals surface area contributed by atoms with Crippen LogP contribution in [0.15, 0.2) is 0 Å². The number of likely N-dealkylation sites (tertiary alicyclic amines) is 1. The molecule has 16 heavy (non-hydrogen) atoms. The Morgan fingerprint density at radius 2 is 2.06 bits per heavy atom. The summed E-state index contributed by atoms with van der Waals surface area (Å²) in [7, 11) is 0. The molecule has 2 N–H and O–H groups in total. The Balaban J connectivity index is 2.07. The molecule has 2 unspecified atom stereocenters. The maximum atomic E-state index is 5.97. The van der Waals surface area contributed by atoms with Gasteiger partial charge in [-0.2, -0.15) is 0 Å². The predicted molar refractivity (Wildman–Crippen MR) is 68.5 cm³/mol. The van der Waals surface area contributed by atoms with Gasteiger partial charge in [0, 0.05) is 31.8 Å². The standard InChI is InChI=1S/C13H28N2O/c1-11(2)6-8-16-9-7-15-10-13(14)5-4-12(15)3/h11-13H,4-10,14H2,1-3H3. The van der Waals surface area contributed by atoms with E-state index in [1.54, 1.807) is 0 Å². The van der Waals surface area contributed by atoms with Crippen molar-refractivity contribution >= 4 is 0 Å². The van der Waals surface area contributed by atoms with Crippen molar-refractivity contribution in [1.82, 2.24) is 4.90 Å². The van der Waals surface area contributed by atoms with Crippen LogP contribution in [-0.2, 0) is 4.74 Å². The maximum Gasteiger partial charge on any atom is 0.0593 e. The summed E-state index contributed by atoms with van der Waals surface area (Å²) in [6, 6.07) is 1.04. The molecule has 0 saturated carbocycles. The van der Waals surface area contributed by atoms with Gasteiger partial charge in [0.1, 0.15) is 0 Å². The lowest BCUT2D eigenvalue weighted by molar-refractivity contribution is 0.0671. The average molecular weight is 228 g/mol. The van der Waals surface area contributed by atoms with Crippen molar-refractivity contribution in [3.63, 3.8) is 0 Å². The van der Waals surface area contributed by atoms with E-state index < -0.39 is 0 Å². The minimum Gasteiger partial charge on any atom is -0.380 e. The summed E-state index contributed by atoms with van der Waals surface area (Å²) in [6.07, 6.45) is 3.56. The molecule has 1 heterocycles. The van der Waals surface area contributed by atoms with Gasteiger partial charge < -0.3 is 10.5 Å². The Kier molecular flexibility index (Phi) is 6.32. The number of nitrogens with zero attached hydrogens (tertiary/aromatic N) is 1. The zero-order valence-corrected chi connectivity index (χ0v) is 11.1. The molecule has 0 aromatic carbocycles. The first-order valence-electron chi connectivity index (χ1n) is 6.67. The molecule has 1 fully saturated rings. The first-order valence-corrected chi connectivity index (χ1v) is 6.67. The van der Waals surface area contributed by atoms with Crippen LogP contribution in [0.25, 0.3) is 0 Å². The lowest BCUT2D eigenvalue weighted by Crippen LogP contribution is -2.48. The van der Waals surface area contributed by atoms with E-state index in [0.29, 0.717) is 12.1 Å². The Hall–Kier alpha value is -0.120. The third-order valence-electron chi connectivity index (χ3n) is 3.41. The molecule has 1 saturated heterocycles. The van der Waals surface area contributed by atoms with Crippen LogP contribution in [0, 0.1) is 5.92 Å². The minimum atomic E-state index is 0.367. The monoisotopic (exact) mass is 228 g/mol. The van der Waals surface area contributed by atoms with Gasteiger partial charge in [0.05, 0.1) is 6.61 Å². The van der Waals surface area contributed by atoms with Gasteiger partial charge in [-0.05, 0) is 32.1 Å². The van der Waals surface area contributed by atoms with E-state index in [1.807, 2.05) is 0 Å². The summed E-state index contributed by atoms with van der Waals surface area (Å²) in [5, 5.41) is 0. The van der Waals surface area contributed by atoms with Gasteiger partial charge in [0.15, 0.2) is 0 Å². The van der Waals surface area contributed by atoms with Crippen LogP contribution < -0.4 is 5.73 Å². The van der Waals surface area contributed by atoms with Gasteiger partial charge in [-0.25, -0.2) is 0 Å². The van der Waals surface area contributed by atoms with Crippen LogP contribution in [0.1, 0.15) is 40.0 Å². The molecule has 0 radical (unpaired) electrons. The maximum absolute atomic E-state index is 5.97. The van der Waals surface area contributed by atoms with Gasteiger partial charge in [-0.15, -0.1) is 0 Å². The van der Waals surface area contributed by atoms with Gasteiger partial charge in [0.25, 0.3) is 0 Å². The third-order valence-corrected chi connectivity index (χ3v) is 3.41. The van der Waals surface area contributed by atoms with Gasteiger partial charge in [-0.1, -0.05) is 13.8 Å². The van der Waals surface area contributed by atoms with E-state index in [-0.39, 0.29) is 0 Å². The van der Waals surface area contributed by atoms with E-state index in [1.165, 1.54) is 12.8 Å². The number of rotatable bonds is 6. The molecule has 0 aliphatic carbocycles. The lowest BCUT2D eigenvalue weighted by atomic mass is 10.0. The summed E-state index contributed by atoms with van der Waals surface area (Å²) < 4.78 is 5.65. The molecular weight excluding hydrogens is 200 g/mol. The Morgan fingerprint density at radius 3 is 2.75 bits per heavy atom.